The van der Waals surface area contributed by atoms with Gasteiger partial charge in [0, 0.05) is 0 Å². The van der Waals surface area contributed by atoms with Gasteiger partial charge in [-0.25, -0.2) is 0 Å². The number of aromatic nitrogens is 3. The summed E-state index contributed by atoms with van der Waals surface area (Å²) in [4.78, 5) is 13.4. The quantitative estimate of drug-likeness (QED) is 0.409. The summed E-state index contributed by atoms with van der Waals surface area (Å²) in [5.74, 6) is 1.27. The maximum absolute atomic E-state index is 12.4. The molecule has 0 bridgehead atoms. The lowest BCUT2D eigenvalue weighted by molar-refractivity contribution is -0.113. The monoisotopic (exact) mass is 453 g/mol. The van der Waals surface area contributed by atoms with Gasteiger partial charge >= 0.3 is 0 Å². The van der Waals surface area contributed by atoms with Crippen LogP contribution in [-0.4, -0.2) is 33.5 Å². The Hall–Kier alpha value is -3.13. The van der Waals surface area contributed by atoms with E-state index in [1.54, 1.807) is 29.9 Å². The maximum atomic E-state index is 12.4. The van der Waals surface area contributed by atoms with Crippen molar-refractivity contribution in [2.45, 2.75) is 5.16 Å². The predicted molar refractivity (Wildman–Crippen MR) is 120 cm³/mol. The Morgan fingerprint density at radius 2 is 2.07 bits per heavy atom. The van der Waals surface area contributed by atoms with Crippen LogP contribution >= 0.6 is 34.4 Å². The number of hydrogen-bond donors (Lipinski definition) is 1. The molecule has 7 nitrogen and oxygen atoms in total. The number of methoxy groups -OCH3 is 1. The number of nitrogens with zero attached hydrogens (tertiary/aromatic N) is 4. The van der Waals surface area contributed by atoms with Crippen molar-refractivity contribution in [3.05, 3.63) is 58.8 Å². The number of amides is 1. The summed E-state index contributed by atoms with van der Waals surface area (Å²) in [5.41, 5.74) is 1.25. The molecular formula is C20H15N5O2S3. The van der Waals surface area contributed by atoms with Crippen LogP contribution in [0.3, 0.4) is 0 Å². The number of anilines is 1. The summed E-state index contributed by atoms with van der Waals surface area (Å²) in [6.45, 7) is 0. The zero-order chi connectivity index (χ0) is 20.9. The minimum Gasteiger partial charge on any atom is -0.495 e. The van der Waals surface area contributed by atoms with E-state index in [0.717, 1.165) is 10.6 Å². The Morgan fingerprint density at radius 1 is 1.20 bits per heavy atom. The molecule has 0 aliphatic heterocycles. The molecule has 3 aromatic heterocycles. The number of rotatable bonds is 7. The third-order valence-corrected chi connectivity index (χ3v) is 6.70. The first kappa shape index (κ1) is 20.2. The van der Waals surface area contributed by atoms with Crippen LogP contribution < -0.4 is 10.1 Å². The third-order valence-electron chi connectivity index (χ3n) is 4.07. The summed E-state index contributed by atoms with van der Waals surface area (Å²) >= 11 is 4.15. The number of nitriles is 1. The Bertz CT molecular complexity index is 1210. The lowest BCUT2D eigenvalue weighted by Crippen LogP contribution is -2.14. The van der Waals surface area contributed by atoms with E-state index in [2.05, 4.69) is 21.6 Å². The van der Waals surface area contributed by atoms with Gasteiger partial charge in [0.1, 0.15) is 16.8 Å². The Morgan fingerprint density at radius 3 is 2.83 bits per heavy atom. The number of thioether (sulfide) groups is 1. The summed E-state index contributed by atoms with van der Waals surface area (Å²) in [5, 5.41) is 25.4. The van der Waals surface area contributed by atoms with Gasteiger partial charge in [-0.15, -0.1) is 32.9 Å². The fourth-order valence-electron chi connectivity index (χ4n) is 2.75. The number of benzene rings is 1. The lowest BCUT2D eigenvalue weighted by atomic mass is 10.3. The molecule has 0 aliphatic carbocycles. The van der Waals surface area contributed by atoms with Crippen molar-refractivity contribution in [2.75, 3.05) is 18.2 Å². The van der Waals surface area contributed by atoms with Crippen molar-refractivity contribution in [1.82, 2.24) is 14.8 Å². The minimum atomic E-state index is -0.216. The maximum Gasteiger partial charge on any atom is 0.235 e. The molecule has 10 heteroatoms. The van der Waals surface area contributed by atoms with Gasteiger partial charge in [0.05, 0.1) is 29.0 Å². The standard InChI is InChI=1S/C20H15N5O2S3/c1-27-15-6-3-2-5-14(15)25-18(16-7-4-9-28-16)23-24-20(25)30-12-17(26)22-19-13(11-21)8-10-29-19/h2-10H,12H2,1H3,(H,22,26). The van der Waals surface area contributed by atoms with E-state index in [9.17, 15) is 4.79 Å². The zero-order valence-corrected chi connectivity index (χ0v) is 18.2. The first-order chi connectivity index (χ1) is 14.7. The second-order valence-electron chi connectivity index (χ2n) is 5.90. The molecule has 0 spiro atoms. The van der Waals surface area contributed by atoms with E-state index in [1.165, 1.54) is 23.1 Å². The van der Waals surface area contributed by atoms with Crippen molar-refractivity contribution >= 4 is 45.3 Å². The molecule has 0 atom stereocenters. The molecule has 30 heavy (non-hydrogen) atoms. The molecule has 0 saturated heterocycles. The number of carbonyl (C=O) groups is 1. The van der Waals surface area contributed by atoms with E-state index < -0.39 is 0 Å². The van der Waals surface area contributed by atoms with E-state index >= 15 is 0 Å². The molecule has 0 fully saturated rings. The van der Waals surface area contributed by atoms with Crippen LogP contribution in [0.2, 0.25) is 0 Å². The van der Waals surface area contributed by atoms with E-state index in [1.807, 2.05) is 46.3 Å². The molecule has 3 heterocycles. The molecule has 1 aromatic carbocycles. The summed E-state index contributed by atoms with van der Waals surface area (Å²) in [6, 6.07) is 15.3. The largest absolute Gasteiger partial charge is 0.495 e. The summed E-state index contributed by atoms with van der Waals surface area (Å²) in [6.07, 6.45) is 0. The number of hydrogen-bond acceptors (Lipinski definition) is 8. The number of ether oxygens (including phenoxy) is 1. The first-order valence-electron chi connectivity index (χ1n) is 8.74. The van der Waals surface area contributed by atoms with Gasteiger partial charge in [-0.2, -0.15) is 5.26 Å². The van der Waals surface area contributed by atoms with Crippen LogP contribution in [0.25, 0.3) is 16.4 Å². The van der Waals surface area contributed by atoms with E-state index in [4.69, 9.17) is 10.00 Å². The fourth-order valence-corrected chi connectivity index (χ4v) is 4.94. The summed E-state index contributed by atoms with van der Waals surface area (Å²) in [7, 11) is 1.61. The molecule has 0 unspecified atom stereocenters. The van der Waals surface area contributed by atoms with Gasteiger partial charge in [0.15, 0.2) is 11.0 Å². The van der Waals surface area contributed by atoms with Gasteiger partial charge in [-0.1, -0.05) is 30.0 Å². The lowest BCUT2D eigenvalue weighted by Gasteiger charge is -2.13. The van der Waals surface area contributed by atoms with Gasteiger partial charge in [0.25, 0.3) is 0 Å². The molecular weight excluding hydrogens is 438 g/mol. The highest BCUT2D eigenvalue weighted by Gasteiger charge is 2.20. The van der Waals surface area contributed by atoms with Crippen LogP contribution in [0.5, 0.6) is 5.75 Å². The molecule has 1 amide bonds. The van der Waals surface area contributed by atoms with E-state index in [-0.39, 0.29) is 11.7 Å². The average molecular weight is 454 g/mol. The van der Waals surface area contributed by atoms with Crippen LogP contribution in [0.4, 0.5) is 5.00 Å². The van der Waals surface area contributed by atoms with Gasteiger partial charge in [-0.05, 0) is 35.0 Å². The smallest absolute Gasteiger partial charge is 0.235 e. The van der Waals surface area contributed by atoms with Crippen LogP contribution in [0.15, 0.2) is 58.4 Å². The molecule has 4 rings (SSSR count). The highest BCUT2D eigenvalue weighted by Crippen LogP contribution is 2.34. The van der Waals surface area contributed by atoms with Gasteiger partial charge < -0.3 is 10.1 Å². The second-order valence-corrected chi connectivity index (χ2v) is 8.71. The molecule has 0 radical (unpaired) electrons. The SMILES string of the molecule is COc1ccccc1-n1c(SCC(=O)Nc2sccc2C#N)nnc1-c1cccs1. The highest BCUT2D eigenvalue weighted by molar-refractivity contribution is 7.99. The van der Waals surface area contributed by atoms with E-state index in [0.29, 0.717) is 27.3 Å². The van der Waals surface area contributed by atoms with Gasteiger partial charge in [0.2, 0.25) is 5.91 Å². The number of nitrogens with one attached hydrogen (secondary N) is 1. The average Bonchev–Trinajstić information content (AvgIpc) is 3.52. The van der Waals surface area contributed by atoms with Crippen LogP contribution in [0.1, 0.15) is 5.56 Å². The first-order valence-corrected chi connectivity index (χ1v) is 11.5. The van der Waals surface area contributed by atoms with Crippen molar-refractivity contribution < 1.29 is 9.53 Å². The van der Waals surface area contributed by atoms with Crippen LogP contribution in [-0.2, 0) is 4.79 Å². The Labute approximate surface area is 185 Å². The predicted octanol–water partition coefficient (Wildman–Crippen LogP) is 4.67. The summed E-state index contributed by atoms with van der Waals surface area (Å²) < 4.78 is 7.42. The minimum absolute atomic E-state index is 0.125. The second kappa shape index (κ2) is 9.13. The zero-order valence-electron chi connectivity index (χ0n) is 15.7. The van der Waals surface area contributed by atoms with Crippen LogP contribution in [0, 0.1) is 11.3 Å². The Kier molecular flexibility index (Phi) is 6.13. The molecule has 0 aliphatic rings. The third kappa shape index (κ3) is 4.09. The van der Waals surface area contributed by atoms with Gasteiger partial charge in [-0.3, -0.25) is 9.36 Å². The molecule has 150 valence electrons. The van der Waals surface area contributed by atoms with Crippen molar-refractivity contribution in [1.29, 1.82) is 5.26 Å². The highest BCUT2D eigenvalue weighted by atomic mass is 32.2. The number of para-hydroxylation sites is 2. The normalized spacial score (nSPS) is 10.5. The fraction of sp³-hybridized carbons (Fsp3) is 0.100. The molecule has 0 saturated carbocycles. The number of thiophene rings is 2. The number of carbonyl (C=O) groups excluding carboxylic acids is 1. The van der Waals surface area contributed by atoms with Crippen molar-refractivity contribution in [3.63, 3.8) is 0 Å². The Balaban J connectivity index is 1.62. The van der Waals surface area contributed by atoms with Crippen molar-refractivity contribution in [3.8, 4) is 28.2 Å². The van der Waals surface area contributed by atoms with Crippen molar-refractivity contribution in [2.24, 2.45) is 0 Å². The molecule has 1 N–H and O–H groups in total. The topological polar surface area (TPSA) is 92.8 Å². The molecule has 4 aromatic rings.